The summed E-state index contributed by atoms with van der Waals surface area (Å²) >= 11 is 0. The van der Waals surface area contributed by atoms with Crippen LogP contribution in [0.25, 0.3) is 0 Å². The van der Waals surface area contributed by atoms with Gasteiger partial charge in [-0.05, 0) is 49.8 Å². The maximum atomic E-state index is 8.99. The van der Waals surface area contributed by atoms with E-state index in [2.05, 4.69) is 5.11 Å². The first-order chi connectivity index (χ1) is 16.8. The smallest absolute Gasteiger partial charge is 0.293 e. The molecule has 0 heterocycles. The minimum Gasteiger partial charge on any atom is -0.508 e. The molecule has 0 aromatic heterocycles. The summed E-state index contributed by atoms with van der Waals surface area (Å²) in [4.78, 5) is -1.11. The maximum absolute atomic E-state index is 8.99. The third-order valence-corrected chi connectivity index (χ3v) is 1.45. The van der Waals surface area contributed by atoms with Crippen molar-refractivity contribution in [2.75, 3.05) is 20.4 Å². The Morgan fingerprint density at radius 3 is 3.31 bits per heavy atom. The van der Waals surface area contributed by atoms with Gasteiger partial charge in [-0.25, -0.2) is 0 Å². The number of phenols is 1. The molecule has 16 heavy (non-hydrogen) atoms. The molecule has 0 amide bonds. The van der Waals surface area contributed by atoms with Gasteiger partial charge in [0.2, 0.25) is 0 Å². The van der Waals surface area contributed by atoms with E-state index < -0.39 is 92.7 Å². The standard InChI is InChI=1S/C14H23NO/c1-5-14(11(2)10-15(3)4)12-7-6-8-13(16)9-12/h6-9,11,14,16H,5,10H2,1-4H3/t11-,14+/m0/s1/i1D3,2D3,3D3,4D3,5D2,6D,7D,8D,9D,10D2,11D,14D/hD. The van der Waals surface area contributed by atoms with Crippen molar-refractivity contribution in [1.29, 1.82) is 1.43 Å². The first-order valence-corrected chi connectivity index (χ1v) is 3.87. The Balaban J connectivity index is 4.80. The third-order valence-electron chi connectivity index (χ3n) is 1.45. The van der Waals surface area contributed by atoms with Gasteiger partial charge in [0.15, 0.2) is 0 Å². The number of nitrogens with zero attached hydrogens (tertiary/aromatic N) is 1. The molecule has 1 aromatic rings. The van der Waals surface area contributed by atoms with Crippen molar-refractivity contribution in [1.82, 2.24) is 4.90 Å². The topological polar surface area (TPSA) is 23.5 Å². The Hall–Kier alpha value is -1.02. The highest BCUT2D eigenvalue weighted by Gasteiger charge is 2.18. The first-order valence-electron chi connectivity index (χ1n) is 15.3. The van der Waals surface area contributed by atoms with Gasteiger partial charge in [0, 0.05) is 31.2 Å². The van der Waals surface area contributed by atoms with Crippen LogP contribution < -0.4 is 0 Å². The molecule has 0 saturated carbocycles. The average molecular weight is 244 g/mol. The second-order valence-corrected chi connectivity index (χ2v) is 2.53. The Morgan fingerprint density at radius 2 is 2.62 bits per heavy atom. The molecule has 1 aromatic carbocycles. The Bertz CT molecular complexity index is 1070. The number of hydrogen-bond donors (Lipinski definition) is 1. The van der Waals surface area contributed by atoms with E-state index in [-0.39, 0.29) is 0 Å². The van der Waals surface area contributed by atoms with E-state index in [0.717, 1.165) is 0 Å². The molecule has 0 fully saturated rings. The largest absolute Gasteiger partial charge is 0.508 e. The van der Waals surface area contributed by atoms with Gasteiger partial charge in [0.05, 0.1) is 5.48 Å². The fraction of sp³-hybridized carbons (Fsp3) is 0.571. The molecule has 0 bridgehead atoms. The minimum absolute atomic E-state index is 1.11. The molecule has 0 spiro atoms. The van der Waals surface area contributed by atoms with Crippen LogP contribution in [-0.2, 0) is 0 Å². The van der Waals surface area contributed by atoms with Gasteiger partial charge in [0.1, 0.15) is 5.75 Å². The van der Waals surface area contributed by atoms with E-state index in [9.17, 15) is 0 Å². The fourth-order valence-corrected chi connectivity index (χ4v) is 0.869. The van der Waals surface area contributed by atoms with Crippen LogP contribution >= 0.6 is 0 Å². The number of rotatable bonds is 6. The van der Waals surface area contributed by atoms with Crippen LogP contribution in [-0.4, -0.2) is 31.9 Å². The van der Waals surface area contributed by atoms with Gasteiger partial charge in [-0.1, -0.05) is 25.8 Å². The molecule has 2 nitrogen and oxygen atoms in total. The molecule has 2 atom stereocenters. The van der Waals surface area contributed by atoms with Crippen LogP contribution in [0, 0.1) is 5.89 Å². The molecule has 2 heteroatoms. The molecular formula is C14H23NO. The summed E-state index contributed by atoms with van der Waals surface area (Å²) in [5, 5.41) is 4.02. The van der Waals surface area contributed by atoms with E-state index in [1.807, 2.05) is 0 Å². The summed E-state index contributed by atoms with van der Waals surface area (Å²) in [5.74, 6) is -10.9. The minimum atomic E-state index is -4.85. The van der Waals surface area contributed by atoms with Gasteiger partial charge >= 0.3 is 0 Å². The molecule has 0 saturated heterocycles. The average Bonchev–Trinajstić information content (AvgIpc) is 2.67. The van der Waals surface area contributed by atoms with Crippen molar-refractivity contribution in [3.8, 4) is 5.75 Å². The van der Waals surface area contributed by atoms with Crippen molar-refractivity contribution in [2.45, 2.75) is 26.0 Å². The van der Waals surface area contributed by atoms with Crippen LogP contribution in [0.2, 0.25) is 0 Å². The summed E-state index contributed by atoms with van der Waals surface area (Å²) in [6.45, 7) is -21.7. The maximum Gasteiger partial charge on any atom is 0.293 e. The Kier molecular flexibility index (Phi) is 0.748. The van der Waals surface area contributed by atoms with E-state index in [4.69, 9.17) is 31.6 Å². The fourth-order valence-electron chi connectivity index (χ4n) is 0.869. The van der Waals surface area contributed by atoms with Gasteiger partial charge in [-0.3, -0.25) is 0 Å². The highest BCUT2D eigenvalue weighted by atomic mass is 16.3. The molecule has 0 aliphatic rings. The lowest BCUT2D eigenvalue weighted by Crippen LogP contribution is -2.24. The molecule has 1 rings (SSSR count). The SMILES string of the molecule is [2H]Oc1c([2H])c([2H])c([2H])c([C@]([2H])(C([2H])([2H])C([2H])([2H])[2H])[C@@]([2H])(C([2H])([2H])[2H])C([2H])([2H])N(C([2H])([2H])[2H])C([2H])([2H])[2H])c1[2H]. The molecule has 90 valence electrons. The van der Waals surface area contributed by atoms with Crippen molar-refractivity contribution >= 4 is 0 Å². The molecule has 0 aliphatic heterocycles. The van der Waals surface area contributed by atoms with E-state index in [1.165, 1.54) is 0 Å². The molecule has 0 unspecified atom stereocenters. The zero-order valence-corrected chi connectivity index (χ0v) is 7.86. The van der Waals surface area contributed by atoms with Crippen molar-refractivity contribution in [3.05, 3.63) is 29.7 Å². The number of phenolic OH excluding ortho intramolecular Hbond substituents is 1. The van der Waals surface area contributed by atoms with Crippen LogP contribution in [0.5, 0.6) is 5.75 Å². The van der Waals surface area contributed by atoms with Gasteiger partial charge in [0.25, 0.3) is 1.43 Å². The number of hydrogen-bond acceptors (Lipinski definition) is 2. The zero-order valence-electron chi connectivity index (χ0n) is 30.9. The number of aromatic hydroxyl groups is 1. The van der Waals surface area contributed by atoms with Crippen molar-refractivity contribution < 1.29 is 35.3 Å². The highest BCUT2D eigenvalue weighted by Crippen LogP contribution is 2.30. The summed E-state index contributed by atoms with van der Waals surface area (Å²) in [6.07, 6.45) is -4.53. The van der Waals surface area contributed by atoms with Gasteiger partial charge < -0.3 is 10.0 Å². The normalized spacial score (nSPS) is 44.7. The number of benzene rings is 1. The second-order valence-electron chi connectivity index (χ2n) is 2.53. The van der Waals surface area contributed by atoms with Crippen LogP contribution in [0.4, 0.5) is 0 Å². The Labute approximate surface area is 131 Å². The lowest BCUT2D eigenvalue weighted by atomic mass is 9.85. The lowest BCUT2D eigenvalue weighted by molar-refractivity contribution is 0.301. The quantitative estimate of drug-likeness (QED) is 0.831. The van der Waals surface area contributed by atoms with Crippen molar-refractivity contribution in [3.63, 3.8) is 0 Å². The molecule has 1 N–H and O–H groups in total. The first kappa shape index (κ1) is 2.03. The summed E-state index contributed by atoms with van der Waals surface area (Å²) < 4.78 is 182. The summed E-state index contributed by atoms with van der Waals surface area (Å²) in [6, 6.07) is -5.86. The van der Waals surface area contributed by atoms with Crippen LogP contribution in [0.15, 0.2) is 24.2 Å². The summed E-state index contributed by atoms with van der Waals surface area (Å²) in [7, 11) is 0. The lowest BCUT2D eigenvalue weighted by Gasteiger charge is -2.26. The Morgan fingerprint density at radius 1 is 1.69 bits per heavy atom. The van der Waals surface area contributed by atoms with E-state index >= 15 is 0 Å². The van der Waals surface area contributed by atoms with Gasteiger partial charge in [-0.2, -0.15) is 0 Å². The van der Waals surface area contributed by atoms with Crippen LogP contribution in [0.3, 0.4) is 0 Å². The predicted molar refractivity (Wildman–Crippen MR) is 68.9 cm³/mol. The monoisotopic (exact) mass is 244 g/mol. The highest BCUT2D eigenvalue weighted by molar-refractivity contribution is 5.30. The van der Waals surface area contributed by atoms with Crippen LogP contribution in [0.1, 0.15) is 61.7 Å². The zero-order chi connectivity index (χ0) is 31.7. The van der Waals surface area contributed by atoms with E-state index in [1.54, 1.807) is 0 Å². The molecule has 0 aliphatic carbocycles. The summed E-state index contributed by atoms with van der Waals surface area (Å²) in [5.41, 5.74) is -1.85. The van der Waals surface area contributed by atoms with Gasteiger partial charge in [-0.15, -0.1) is 0 Å². The molecular weight excluding hydrogens is 198 g/mol. The predicted octanol–water partition coefficient (Wildman–Crippen LogP) is 3.08. The van der Waals surface area contributed by atoms with E-state index in [0.29, 0.717) is 0 Å². The second kappa shape index (κ2) is 5.90. The van der Waals surface area contributed by atoms with Crippen molar-refractivity contribution in [2.24, 2.45) is 5.89 Å². The molecule has 0 radical (unpaired) electrons. The third kappa shape index (κ3) is 3.53.